The van der Waals surface area contributed by atoms with Crippen molar-refractivity contribution in [3.8, 4) is 11.5 Å². The lowest BCUT2D eigenvalue weighted by atomic mass is 9.96. The summed E-state index contributed by atoms with van der Waals surface area (Å²) in [5.74, 6) is -2.15. The fourth-order valence-corrected chi connectivity index (χ4v) is 4.95. The van der Waals surface area contributed by atoms with E-state index in [0.717, 1.165) is 20.8 Å². The van der Waals surface area contributed by atoms with Gasteiger partial charge in [0.1, 0.15) is 30.3 Å². The topological polar surface area (TPSA) is 171 Å². The first-order valence-corrected chi connectivity index (χ1v) is 13.3. The smallest absolute Gasteiger partial charge is 0.463 e. The number of nitrogens with one attached hydrogen (secondary N) is 1. The summed E-state index contributed by atoms with van der Waals surface area (Å²) in [6.07, 6.45) is -6.11. The number of para-hydroxylation sites is 2. The zero-order valence-electron chi connectivity index (χ0n) is 21.7. The number of hydrogen-bond acceptors (Lipinski definition) is 14. The molecule has 0 aliphatic carbocycles. The fourth-order valence-electron chi connectivity index (χ4n) is 3.64. The fraction of sp³-hybridized carbons (Fsp3) is 0.360. The molecule has 0 bridgehead atoms. The van der Waals surface area contributed by atoms with E-state index in [4.69, 9.17) is 32.5 Å². The number of phosphoric acid groups is 1. The number of hydroxylamine groups is 1. The molecule has 1 aliphatic heterocycles. The molecular formula is C25H28NO13P. The van der Waals surface area contributed by atoms with Crippen molar-refractivity contribution in [2.45, 2.75) is 51.4 Å². The van der Waals surface area contributed by atoms with Gasteiger partial charge >= 0.3 is 32.2 Å². The molecule has 1 N–H and O–H groups in total. The minimum Gasteiger partial charge on any atom is -0.463 e. The van der Waals surface area contributed by atoms with Gasteiger partial charge in [0, 0.05) is 20.8 Å². The number of carbonyl (C=O) groups excluding carboxylic acids is 4. The molecular weight excluding hydrogens is 553 g/mol. The average Bonchev–Trinajstić information content (AvgIpc) is 2.89. The molecule has 1 unspecified atom stereocenters. The van der Waals surface area contributed by atoms with Crippen LogP contribution in [0.2, 0.25) is 0 Å². The van der Waals surface area contributed by atoms with Gasteiger partial charge < -0.3 is 32.8 Å². The Kier molecular flexibility index (Phi) is 11.0. The second kappa shape index (κ2) is 14.4. The predicted octanol–water partition coefficient (Wildman–Crippen LogP) is 2.47. The summed E-state index contributed by atoms with van der Waals surface area (Å²) in [5.41, 5.74) is 2.33. The Morgan fingerprint density at radius 3 is 1.85 bits per heavy atom. The molecule has 0 aromatic heterocycles. The van der Waals surface area contributed by atoms with Gasteiger partial charge in [-0.3, -0.25) is 19.2 Å². The lowest BCUT2D eigenvalue weighted by molar-refractivity contribution is -0.274. The van der Waals surface area contributed by atoms with E-state index in [1.54, 1.807) is 36.4 Å². The maximum absolute atomic E-state index is 14.0. The third kappa shape index (κ3) is 9.06. The van der Waals surface area contributed by atoms with E-state index >= 15 is 0 Å². The predicted molar refractivity (Wildman–Crippen MR) is 133 cm³/mol. The van der Waals surface area contributed by atoms with Crippen LogP contribution in [0.1, 0.15) is 20.8 Å². The number of rotatable bonds is 13. The van der Waals surface area contributed by atoms with Crippen molar-refractivity contribution >= 4 is 32.2 Å². The van der Waals surface area contributed by atoms with E-state index in [2.05, 4.69) is 10.3 Å². The molecule has 0 saturated carbocycles. The summed E-state index contributed by atoms with van der Waals surface area (Å²) in [5, 5.41) is 0. The first kappa shape index (κ1) is 30.6. The number of benzene rings is 2. The summed E-state index contributed by atoms with van der Waals surface area (Å²) < 4.78 is 52.7. The number of carbonyl (C=O) groups is 4. The van der Waals surface area contributed by atoms with E-state index in [9.17, 15) is 23.7 Å². The Balaban J connectivity index is 2.03. The van der Waals surface area contributed by atoms with Gasteiger partial charge in [0.15, 0.2) is 12.2 Å². The second-order valence-electron chi connectivity index (χ2n) is 8.21. The highest BCUT2D eigenvalue weighted by molar-refractivity contribution is 7.49. The average molecular weight is 581 g/mol. The minimum atomic E-state index is -4.65. The summed E-state index contributed by atoms with van der Waals surface area (Å²) in [4.78, 5) is 51.2. The molecule has 0 spiro atoms. The molecule has 0 radical (unpaired) electrons. The molecule has 5 atom stereocenters. The van der Waals surface area contributed by atoms with Crippen LogP contribution >= 0.6 is 7.82 Å². The zero-order valence-corrected chi connectivity index (χ0v) is 22.6. The van der Waals surface area contributed by atoms with Crippen LogP contribution in [0.15, 0.2) is 60.7 Å². The molecule has 216 valence electrons. The van der Waals surface area contributed by atoms with Crippen LogP contribution in [0, 0.1) is 0 Å². The summed E-state index contributed by atoms with van der Waals surface area (Å²) >= 11 is 0. The number of phosphoric ester groups is 1. The first-order valence-electron chi connectivity index (χ1n) is 11.9. The number of hydrogen-bond donors (Lipinski definition) is 1. The van der Waals surface area contributed by atoms with E-state index in [-0.39, 0.29) is 18.0 Å². The van der Waals surface area contributed by atoms with Gasteiger partial charge in [-0.1, -0.05) is 36.4 Å². The summed E-state index contributed by atoms with van der Waals surface area (Å²) in [6, 6.07) is 14.6. The largest absolute Gasteiger partial charge is 0.590 e. The SMILES string of the molecule is CC(=O)OC[C@H]1O[C@H](OP(=O)(Oc2ccccc2)Oc2ccccc2)[C@@H](OC(C)=O)[C@@H](OC(C)=O)C1NOC=O. The van der Waals surface area contributed by atoms with Gasteiger partial charge in [0.2, 0.25) is 6.29 Å². The highest BCUT2D eigenvalue weighted by Gasteiger charge is 2.54. The molecule has 15 heteroatoms. The highest BCUT2D eigenvalue weighted by atomic mass is 31.2. The van der Waals surface area contributed by atoms with Crippen LogP contribution in [-0.4, -0.2) is 61.6 Å². The normalized spacial score (nSPS) is 22.3. The lowest BCUT2D eigenvalue weighted by Crippen LogP contribution is -2.66. The van der Waals surface area contributed by atoms with Crippen LogP contribution in [0.25, 0.3) is 0 Å². The van der Waals surface area contributed by atoms with Crippen molar-refractivity contribution in [3.63, 3.8) is 0 Å². The third-order valence-corrected chi connectivity index (χ3v) is 6.45. The van der Waals surface area contributed by atoms with Crippen LogP contribution in [0.5, 0.6) is 11.5 Å². The molecule has 1 heterocycles. The molecule has 14 nitrogen and oxygen atoms in total. The molecule has 1 aliphatic rings. The van der Waals surface area contributed by atoms with Gasteiger partial charge in [-0.15, -0.1) is 5.48 Å². The van der Waals surface area contributed by atoms with Gasteiger partial charge in [0.25, 0.3) is 0 Å². The maximum atomic E-state index is 14.0. The standard InChI is InChI=1S/C25H28NO13P/c1-16(28)32-14-21-22(26-33-15-27)23(34-17(2)29)24(35-18(3)30)25(36-21)39-40(31,37-19-10-6-4-7-11-19)38-20-12-8-5-9-13-20/h4-13,15,21-26H,14H2,1-3H3/t21-,22?,23+,24+,25-/m1/s1. The van der Waals surface area contributed by atoms with Crippen molar-refractivity contribution in [2.75, 3.05) is 6.61 Å². The summed E-state index contributed by atoms with van der Waals surface area (Å²) in [6.45, 7) is 2.87. The monoisotopic (exact) mass is 581 g/mol. The molecule has 40 heavy (non-hydrogen) atoms. The quantitative estimate of drug-likeness (QED) is 0.120. The number of ether oxygens (including phenoxy) is 4. The van der Waals surface area contributed by atoms with Crippen molar-refractivity contribution in [2.24, 2.45) is 0 Å². The first-order chi connectivity index (χ1) is 19.1. The van der Waals surface area contributed by atoms with Crippen molar-refractivity contribution in [1.82, 2.24) is 5.48 Å². The van der Waals surface area contributed by atoms with Crippen molar-refractivity contribution in [3.05, 3.63) is 60.7 Å². The Hall–Kier alpha value is -3.97. The van der Waals surface area contributed by atoms with Gasteiger partial charge in [0.05, 0.1) is 0 Å². The molecule has 1 saturated heterocycles. The van der Waals surface area contributed by atoms with Crippen LogP contribution < -0.4 is 14.5 Å². The zero-order chi connectivity index (χ0) is 29.1. The van der Waals surface area contributed by atoms with Gasteiger partial charge in [-0.2, -0.15) is 0 Å². The molecule has 2 aromatic rings. The van der Waals surface area contributed by atoms with Crippen LogP contribution in [0.3, 0.4) is 0 Å². The number of esters is 3. The molecule has 3 rings (SSSR count). The van der Waals surface area contributed by atoms with Crippen LogP contribution in [-0.2, 0) is 52.1 Å². The Morgan fingerprint density at radius 2 is 1.38 bits per heavy atom. The maximum Gasteiger partial charge on any atom is 0.590 e. The third-order valence-electron chi connectivity index (χ3n) is 5.12. The van der Waals surface area contributed by atoms with E-state index < -0.39 is 63.0 Å². The molecule has 0 amide bonds. The molecule has 2 aromatic carbocycles. The Labute approximate surface area is 229 Å². The van der Waals surface area contributed by atoms with Gasteiger partial charge in [-0.05, 0) is 24.3 Å². The van der Waals surface area contributed by atoms with Crippen molar-refractivity contribution < 1.29 is 61.1 Å². The minimum absolute atomic E-state index is 0.0484. The second-order valence-corrected chi connectivity index (χ2v) is 9.68. The van der Waals surface area contributed by atoms with E-state index in [1.165, 1.54) is 24.3 Å². The Bertz CT molecular complexity index is 1150. The highest BCUT2D eigenvalue weighted by Crippen LogP contribution is 2.52. The Morgan fingerprint density at radius 1 is 0.850 bits per heavy atom. The molecule has 1 fully saturated rings. The summed E-state index contributed by atoms with van der Waals surface area (Å²) in [7, 11) is -4.65. The van der Waals surface area contributed by atoms with Crippen LogP contribution in [0.4, 0.5) is 0 Å². The van der Waals surface area contributed by atoms with E-state index in [0.29, 0.717) is 0 Å². The lowest BCUT2D eigenvalue weighted by Gasteiger charge is -2.44. The van der Waals surface area contributed by atoms with Crippen molar-refractivity contribution in [1.29, 1.82) is 0 Å². The van der Waals surface area contributed by atoms with Gasteiger partial charge in [-0.25, -0.2) is 9.09 Å². The van der Waals surface area contributed by atoms with E-state index in [1.807, 2.05) is 0 Å².